The van der Waals surface area contributed by atoms with E-state index in [1.54, 1.807) is 0 Å². The van der Waals surface area contributed by atoms with Crippen LogP contribution in [-0.4, -0.2) is 25.8 Å². The Morgan fingerprint density at radius 1 is 0.211 bits per heavy atom. The Bertz CT molecular complexity index is 2090. The highest BCUT2D eigenvalue weighted by Gasteiger charge is 2.52. The predicted octanol–water partition coefficient (Wildman–Crippen LogP) is 15.1. The maximum absolute atomic E-state index is 15.4. The number of hydrogen-bond donors (Lipinski definition) is 1. The highest BCUT2D eigenvalue weighted by atomic mass is 19.2. The fourth-order valence-electron chi connectivity index (χ4n) is 9.78. The van der Waals surface area contributed by atoms with Gasteiger partial charge < -0.3 is 4.90 Å². The second-order valence-electron chi connectivity index (χ2n) is 19.2. The van der Waals surface area contributed by atoms with E-state index in [-0.39, 0.29) is 0 Å². The smallest absolute Gasteiger partial charge is 0.200 e. The molecule has 0 spiro atoms. The zero-order valence-electron chi connectivity index (χ0n) is 42.7. The van der Waals surface area contributed by atoms with Gasteiger partial charge in [0.15, 0.2) is 69.8 Å². The summed E-state index contributed by atoms with van der Waals surface area (Å²) >= 11 is 0. The molecule has 0 bridgehead atoms. The minimum absolute atomic E-state index is 1.33. The van der Waals surface area contributed by atoms with Crippen molar-refractivity contribution in [1.29, 1.82) is 0 Å². The molecule has 0 amide bonds. The lowest BCUT2D eigenvalue weighted by Gasteiger charge is -2.44. The summed E-state index contributed by atoms with van der Waals surface area (Å²) in [4.78, 5) is 1.86. The first-order valence-corrected chi connectivity index (χ1v) is 26.1. The van der Waals surface area contributed by atoms with Crippen molar-refractivity contribution in [1.82, 2.24) is 0 Å². The minimum Gasteiger partial charge on any atom is -0.335 e. The zero-order chi connectivity index (χ0) is 57.0. The number of benzene rings is 4. The second-order valence-corrected chi connectivity index (χ2v) is 19.2. The van der Waals surface area contributed by atoms with E-state index < -0.39 is 144 Å². The molecule has 0 heterocycles. The molecule has 0 aromatic heterocycles. The molecule has 0 unspecified atom stereocenters. The van der Waals surface area contributed by atoms with Gasteiger partial charge in [-0.2, -0.15) is 0 Å². The van der Waals surface area contributed by atoms with Gasteiger partial charge in [0.05, 0.1) is 19.6 Å². The molecule has 22 heteroatoms. The Balaban J connectivity index is 0.000000432. The molecular weight excluding hydrogens is 1050 g/mol. The van der Waals surface area contributed by atoms with Crippen LogP contribution in [0, 0.1) is 116 Å². The van der Waals surface area contributed by atoms with Crippen LogP contribution in [-0.2, 0) is 0 Å². The van der Waals surface area contributed by atoms with Crippen molar-refractivity contribution in [2.75, 3.05) is 19.6 Å². The van der Waals surface area contributed by atoms with Crippen molar-refractivity contribution in [3.8, 4) is 0 Å². The van der Waals surface area contributed by atoms with Gasteiger partial charge >= 0.3 is 0 Å². The number of quaternary nitrogens is 1. The Labute approximate surface area is 430 Å². The number of nitrogens with one attached hydrogen (secondary N) is 1. The molecule has 1 N–H and O–H groups in total. The van der Waals surface area contributed by atoms with Gasteiger partial charge in [-0.1, -0.05) is 142 Å². The second kappa shape index (κ2) is 31.8. The van der Waals surface area contributed by atoms with Crippen molar-refractivity contribution < 1.29 is 92.7 Å². The van der Waals surface area contributed by atoms with Gasteiger partial charge in [0.25, 0.3) is 0 Å². The number of rotatable bonds is 31. The average Bonchev–Trinajstić information content (AvgIpc) is 3.42. The molecular formula is C54H64BF20N. The quantitative estimate of drug-likeness (QED) is 0.0168. The molecule has 4 rings (SSSR count). The van der Waals surface area contributed by atoms with Gasteiger partial charge in [0, 0.05) is 0 Å². The molecule has 4 aromatic rings. The van der Waals surface area contributed by atoms with E-state index in [1.807, 2.05) is 4.90 Å². The van der Waals surface area contributed by atoms with Crippen molar-refractivity contribution >= 4 is 28.0 Å². The molecule has 0 aliphatic heterocycles. The third-order valence-corrected chi connectivity index (χ3v) is 14.0. The van der Waals surface area contributed by atoms with Gasteiger partial charge in [0.1, 0.15) is 52.7 Å². The van der Waals surface area contributed by atoms with E-state index in [1.165, 1.54) is 174 Å². The summed E-state index contributed by atoms with van der Waals surface area (Å²) in [6, 6.07) is 0. The summed E-state index contributed by atoms with van der Waals surface area (Å²) in [6.07, 6.45) is 27.9. The Morgan fingerprint density at radius 2 is 0.355 bits per heavy atom. The Kier molecular flexibility index (Phi) is 27.5. The van der Waals surface area contributed by atoms with Crippen LogP contribution >= 0.6 is 0 Å². The predicted molar refractivity (Wildman–Crippen MR) is 253 cm³/mol. The Morgan fingerprint density at radius 3 is 0.513 bits per heavy atom. The molecule has 0 radical (unpaired) electrons. The van der Waals surface area contributed by atoms with E-state index in [0.29, 0.717) is 0 Å². The highest BCUT2D eigenvalue weighted by Crippen LogP contribution is 2.31. The molecule has 1 nitrogen and oxygen atoms in total. The third-order valence-electron chi connectivity index (χ3n) is 14.0. The molecule has 0 saturated carbocycles. The highest BCUT2D eigenvalue weighted by molar-refractivity contribution is 7.20. The van der Waals surface area contributed by atoms with Crippen LogP contribution in [0.5, 0.6) is 0 Å². The minimum atomic E-state index is -7.22. The topological polar surface area (TPSA) is 4.44 Å². The summed E-state index contributed by atoms with van der Waals surface area (Å²) in [6.45, 7) is 11.2. The molecule has 4 aromatic carbocycles. The zero-order valence-corrected chi connectivity index (χ0v) is 42.7. The lowest BCUT2D eigenvalue weighted by molar-refractivity contribution is -0.898. The summed E-state index contributed by atoms with van der Waals surface area (Å²) in [7, 11) is 0. The van der Waals surface area contributed by atoms with Gasteiger partial charge in [-0.05, 0) is 32.6 Å². The molecule has 0 saturated heterocycles. The summed E-state index contributed by atoms with van der Waals surface area (Å²) in [5, 5.41) is 0. The number of hydrogen-bond acceptors (Lipinski definition) is 0. The molecule has 0 fully saturated rings. The lowest BCUT2D eigenvalue weighted by Crippen LogP contribution is -3.11. The van der Waals surface area contributed by atoms with Gasteiger partial charge in [-0.15, -0.1) is 21.9 Å². The summed E-state index contributed by atoms with van der Waals surface area (Å²) in [5.74, 6) is -71.4. The Hall–Kier alpha value is -4.50. The van der Waals surface area contributed by atoms with Gasteiger partial charge in [0.2, 0.25) is 0 Å². The van der Waals surface area contributed by atoms with Crippen LogP contribution < -0.4 is 26.8 Å². The number of unbranched alkanes of at least 4 members (excludes halogenated alkanes) is 22. The lowest BCUT2D eigenvalue weighted by atomic mass is 9.12. The first-order valence-electron chi connectivity index (χ1n) is 26.1. The first-order chi connectivity index (χ1) is 36.0. The van der Waals surface area contributed by atoms with E-state index in [4.69, 9.17) is 0 Å². The monoisotopic (exact) mass is 1120 g/mol. The molecule has 0 aliphatic rings. The summed E-state index contributed by atoms with van der Waals surface area (Å²) < 4.78 is 294. The maximum atomic E-state index is 15.4. The fourth-order valence-corrected chi connectivity index (χ4v) is 9.78. The normalized spacial score (nSPS) is 11.8. The van der Waals surface area contributed by atoms with Crippen LogP contribution in [0.3, 0.4) is 0 Å². The number of halogens is 20. The molecule has 428 valence electrons. The van der Waals surface area contributed by atoms with E-state index in [2.05, 4.69) is 20.8 Å². The third kappa shape index (κ3) is 15.4. The average molecular weight is 1120 g/mol. The van der Waals surface area contributed by atoms with E-state index in [9.17, 15) is 52.7 Å². The molecule has 0 atom stereocenters. The largest absolute Gasteiger partial charge is 0.335 e. The van der Waals surface area contributed by atoms with Crippen molar-refractivity contribution in [2.24, 2.45) is 0 Å². The molecule has 76 heavy (non-hydrogen) atoms. The fraction of sp³-hybridized carbons (Fsp3) is 0.556. The van der Waals surface area contributed by atoms with Crippen LogP contribution in [0.2, 0.25) is 0 Å². The standard InChI is InChI=1S/C30H63N.C24BF20/c1-4-7-9-11-13-15-17-19-21-23-25-27-29-31(6-3)30-28-26-24-22-20-18-16-14-12-10-8-5-2;26-5-1(6(27)14(35)21(42)13(5)34)25(2-7(28)15(36)22(43)16(37)8(2)29,3-9(30)17(38)23(44)18(39)10(3)31)4-11(32)19(40)24(45)20(41)12(4)33/h4-30H2,1-3H3;/q;-1/p+1. The van der Waals surface area contributed by atoms with Crippen LogP contribution in [0.1, 0.15) is 175 Å². The van der Waals surface area contributed by atoms with Crippen molar-refractivity contribution in [3.05, 3.63) is 116 Å². The van der Waals surface area contributed by atoms with E-state index >= 15 is 35.1 Å². The SMILES string of the molecule is CCCCCCCCCCCCCC[NH+](CC)CCCCCCCCCCCCCC.Fc1c(F)c(F)c([B-](c2c(F)c(F)c(F)c(F)c2F)(c2c(F)c(F)c(F)c(F)c2F)c2c(F)c(F)c(F)c(F)c2F)c(F)c1F. The maximum Gasteiger partial charge on any atom is 0.200 e. The van der Waals surface area contributed by atoms with Crippen LogP contribution in [0.25, 0.3) is 0 Å². The van der Waals surface area contributed by atoms with Gasteiger partial charge in [-0.3, -0.25) is 0 Å². The van der Waals surface area contributed by atoms with Crippen LogP contribution in [0.4, 0.5) is 87.8 Å². The first kappa shape index (κ1) is 65.8. The summed E-state index contributed by atoms with van der Waals surface area (Å²) in [5.41, 5.74) is -14.3. The van der Waals surface area contributed by atoms with Crippen molar-refractivity contribution in [3.63, 3.8) is 0 Å². The van der Waals surface area contributed by atoms with Gasteiger partial charge in [-0.25, -0.2) is 87.8 Å². The van der Waals surface area contributed by atoms with E-state index in [0.717, 1.165) is 0 Å². The van der Waals surface area contributed by atoms with Crippen molar-refractivity contribution in [2.45, 2.75) is 175 Å². The van der Waals surface area contributed by atoms with Crippen LogP contribution in [0.15, 0.2) is 0 Å². The molecule has 0 aliphatic carbocycles.